The summed E-state index contributed by atoms with van der Waals surface area (Å²) in [6.45, 7) is 3.44. The van der Waals surface area contributed by atoms with E-state index in [1.54, 1.807) is 0 Å². The highest BCUT2D eigenvalue weighted by atomic mass is 16.4. The van der Waals surface area contributed by atoms with Crippen molar-refractivity contribution in [1.29, 1.82) is 0 Å². The molecule has 0 fully saturated rings. The number of hydrogen-bond acceptors (Lipinski definition) is 2. The number of carboxylic acid groups (broad SMARTS) is 1. The molecule has 70 valence electrons. The first kappa shape index (κ1) is 10.7. The van der Waals surface area contributed by atoms with E-state index >= 15 is 0 Å². The van der Waals surface area contributed by atoms with Crippen LogP contribution in [0.2, 0.25) is 0 Å². The SMILES string of the molecule is CCC(C)NC(=O)NCC(=O)O. The van der Waals surface area contributed by atoms with Gasteiger partial charge >= 0.3 is 12.0 Å². The summed E-state index contributed by atoms with van der Waals surface area (Å²) < 4.78 is 0. The Morgan fingerprint density at radius 2 is 2.08 bits per heavy atom. The van der Waals surface area contributed by atoms with Crippen LogP contribution in [0.3, 0.4) is 0 Å². The standard InChI is InChI=1S/C7H14N2O3/c1-3-5(2)9-7(12)8-4-6(10)11/h5H,3-4H2,1-2H3,(H,10,11)(H2,8,9,12). The summed E-state index contributed by atoms with van der Waals surface area (Å²) in [5.41, 5.74) is 0. The monoisotopic (exact) mass is 174 g/mol. The molecule has 0 aromatic carbocycles. The second-order valence-electron chi connectivity index (χ2n) is 2.53. The molecule has 0 aromatic rings. The zero-order chi connectivity index (χ0) is 9.56. The molecule has 5 nitrogen and oxygen atoms in total. The van der Waals surface area contributed by atoms with E-state index in [2.05, 4.69) is 10.6 Å². The van der Waals surface area contributed by atoms with Gasteiger partial charge in [0.1, 0.15) is 6.54 Å². The minimum absolute atomic E-state index is 0.0683. The lowest BCUT2D eigenvalue weighted by atomic mass is 10.3. The minimum atomic E-state index is -1.05. The first-order chi connectivity index (χ1) is 5.56. The Labute approximate surface area is 71.1 Å². The van der Waals surface area contributed by atoms with Gasteiger partial charge in [0.2, 0.25) is 0 Å². The Morgan fingerprint density at radius 1 is 1.50 bits per heavy atom. The molecular formula is C7H14N2O3. The maximum absolute atomic E-state index is 10.8. The van der Waals surface area contributed by atoms with Crippen molar-refractivity contribution in [3.63, 3.8) is 0 Å². The van der Waals surface area contributed by atoms with Gasteiger partial charge < -0.3 is 15.7 Å². The number of urea groups is 1. The summed E-state index contributed by atoms with van der Waals surface area (Å²) in [6, 6.07) is -0.370. The van der Waals surface area contributed by atoms with E-state index in [4.69, 9.17) is 5.11 Å². The third-order valence-electron chi connectivity index (χ3n) is 1.39. The molecule has 0 saturated heterocycles. The summed E-state index contributed by atoms with van der Waals surface area (Å²) in [4.78, 5) is 20.8. The van der Waals surface area contributed by atoms with Crippen molar-refractivity contribution >= 4 is 12.0 Å². The van der Waals surface area contributed by atoms with Crippen LogP contribution in [0.15, 0.2) is 0 Å². The van der Waals surface area contributed by atoms with Crippen molar-refractivity contribution in [2.45, 2.75) is 26.3 Å². The molecule has 1 atom stereocenters. The molecule has 0 saturated carbocycles. The number of carbonyl (C=O) groups excluding carboxylic acids is 1. The van der Waals surface area contributed by atoms with Crippen LogP contribution in [-0.4, -0.2) is 29.7 Å². The van der Waals surface area contributed by atoms with E-state index in [1.807, 2.05) is 13.8 Å². The highest BCUT2D eigenvalue weighted by molar-refractivity contribution is 5.79. The fourth-order valence-corrected chi connectivity index (χ4v) is 0.533. The van der Waals surface area contributed by atoms with Gasteiger partial charge in [-0.2, -0.15) is 0 Å². The minimum Gasteiger partial charge on any atom is -0.480 e. The lowest BCUT2D eigenvalue weighted by Crippen LogP contribution is -2.42. The second kappa shape index (κ2) is 5.40. The van der Waals surface area contributed by atoms with Gasteiger partial charge in [0, 0.05) is 6.04 Å². The number of hydrogen-bond donors (Lipinski definition) is 3. The molecule has 1 unspecified atom stereocenters. The lowest BCUT2D eigenvalue weighted by molar-refractivity contribution is -0.135. The van der Waals surface area contributed by atoms with Crippen LogP contribution >= 0.6 is 0 Å². The topological polar surface area (TPSA) is 78.4 Å². The number of rotatable bonds is 4. The number of amides is 2. The highest BCUT2D eigenvalue weighted by Crippen LogP contribution is 1.86. The maximum atomic E-state index is 10.8. The van der Waals surface area contributed by atoms with Gasteiger partial charge in [-0.3, -0.25) is 4.79 Å². The third kappa shape index (κ3) is 5.52. The van der Waals surface area contributed by atoms with Crippen LogP contribution in [0, 0.1) is 0 Å². The number of nitrogens with one attached hydrogen (secondary N) is 2. The molecule has 3 N–H and O–H groups in total. The Kier molecular flexibility index (Phi) is 4.83. The van der Waals surface area contributed by atoms with Crippen LogP contribution in [0.4, 0.5) is 4.79 Å². The van der Waals surface area contributed by atoms with E-state index in [0.29, 0.717) is 0 Å². The van der Waals surface area contributed by atoms with Gasteiger partial charge in [-0.05, 0) is 13.3 Å². The van der Waals surface area contributed by atoms with Crippen molar-refractivity contribution in [2.75, 3.05) is 6.54 Å². The van der Waals surface area contributed by atoms with Gasteiger partial charge in [-0.15, -0.1) is 0 Å². The zero-order valence-corrected chi connectivity index (χ0v) is 7.26. The molecule has 5 heteroatoms. The van der Waals surface area contributed by atoms with Crippen molar-refractivity contribution in [1.82, 2.24) is 10.6 Å². The molecule has 0 rings (SSSR count). The molecule has 0 spiro atoms. The molecule has 0 aliphatic rings. The van der Waals surface area contributed by atoms with Crippen LogP contribution < -0.4 is 10.6 Å². The zero-order valence-electron chi connectivity index (χ0n) is 7.26. The fraction of sp³-hybridized carbons (Fsp3) is 0.714. The van der Waals surface area contributed by atoms with Crippen LogP contribution in [0.1, 0.15) is 20.3 Å². The van der Waals surface area contributed by atoms with E-state index in [9.17, 15) is 9.59 Å². The summed E-state index contributed by atoms with van der Waals surface area (Å²) in [7, 11) is 0. The second-order valence-corrected chi connectivity index (χ2v) is 2.53. The van der Waals surface area contributed by atoms with Crippen LogP contribution in [-0.2, 0) is 4.79 Å². The summed E-state index contributed by atoms with van der Waals surface area (Å²) in [6.07, 6.45) is 0.820. The molecule has 0 aliphatic carbocycles. The van der Waals surface area contributed by atoms with E-state index < -0.39 is 12.0 Å². The van der Waals surface area contributed by atoms with Gasteiger partial charge in [0.15, 0.2) is 0 Å². The lowest BCUT2D eigenvalue weighted by Gasteiger charge is -2.10. The van der Waals surface area contributed by atoms with Crippen LogP contribution in [0.5, 0.6) is 0 Å². The van der Waals surface area contributed by atoms with Crippen molar-refractivity contribution in [2.24, 2.45) is 0 Å². The predicted octanol–water partition coefficient (Wildman–Crippen LogP) is 0.169. The normalized spacial score (nSPS) is 11.8. The Morgan fingerprint density at radius 3 is 2.50 bits per heavy atom. The number of aliphatic carboxylic acids is 1. The fourth-order valence-electron chi connectivity index (χ4n) is 0.533. The van der Waals surface area contributed by atoms with Crippen LogP contribution in [0.25, 0.3) is 0 Å². The number of carboxylic acids is 1. The van der Waals surface area contributed by atoms with Gasteiger partial charge in [-0.25, -0.2) is 4.79 Å². The third-order valence-corrected chi connectivity index (χ3v) is 1.39. The van der Waals surface area contributed by atoms with Gasteiger partial charge in [0.25, 0.3) is 0 Å². The highest BCUT2D eigenvalue weighted by Gasteiger charge is 2.05. The van der Waals surface area contributed by atoms with E-state index in [0.717, 1.165) is 6.42 Å². The quantitative estimate of drug-likeness (QED) is 0.568. The molecule has 0 aliphatic heterocycles. The maximum Gasteiger partial charge on any atom is 0.323 e. The summed E-state index contributed by atoms with van der Waals surface area (Å²) in [5.74, 6) is -1.05. The first-order valence-corrected chi connectivity index (χ1v) is 3.82. The first-order valence-electron chi connectivity index (χ1n) is 3.82. The smallest absolute Gasteiger partial charge is 0.323 e. The average molecular weight is 174 g/mol. The molecule has 0 bridgehead atoms. The molecule has 2 amide bonds. The predicted molar refractivity (Wildman–Crippen MR) is 43.9 cm³/mol. The number of carbonyl (C=O) groups is 2. The van der Waals surface area contributed by atoms with Crippen molar-refractivity contribution in [3.8, 4) is 0 Å². The van der Waals surface area contributed by atoms with Crippen molar-refractivity contribution in [3.05, 3.63) is 0 Å². The largest absolute Gasteiger partial charge is 0.480 e. The molecule has 0 heterocycles. The van der Waals surface area contributed by atoms with E-state index in [1.165, 1.54) is 0 Å². The van der Waals surface area contributed by atoms with Gasteiger partial charge in [-0.1, -0.05) is 6.92 Å². The molecule has 0 aromatic heterocycles. The Bertz CT molecular complexity index is 170. The molecule has 0 radical (unpaired) electrons. The van der Waals surface area contributed by atoms with Gasteiger partial charge in [0.05, 0.1) is 0 Å². The Balaban J connectivity index is 3.53. The summed E-state index contributed by atoms with van der Waals surface area (Å²) in [5, 5.41) is 13.0. The Hall–Kier alpha value is -1.26. The average Bonchev–Trinajstić information content (AvgIpc) is 2.00. The molecular weight excluding hydrogens is 160 g/mol. The van der Waals surface area contributed by atoms with Crippen molar-refractivity contribution < 1.29 is 14.7 Å². The molecule has 12 heavy (non-hydrogen) atoms. The van der Waals surface area contributed by atoms with E-state index in [-0.39, 0.29) is 12.6 Å². The summed E-state index contributed by atoms with van der Waals surface area (Å²) >= 11 is 0.